The summed E-state index contributed by atoms with van der Waals surface area (Å²) in [6, 6.07) is 18.0. The van der Waals surface area contributed by atoms with Crippen molar-refractivity contribution < 1.29 is 23.1 Å². The Morgan fingerprint density at radius 2 is 1.54 bits per heavy atom. The fourth-order valence-corrected chi connectivity index (χ4v) is 5.71. The normalized spacial score (nSPS) is 18.1. The molecule has 41 heavy (non-hydrogen) atoms. The van der Waals surface area contributed by atoms with E-state index < -0.39 is 6.43 Å². The van der Waals surface area contributed by atoms with Crippen molar-refractivity contribution in [1.29, 1.82) is 0 Å². The predicted molar refractivity (Wildman–Crippen MR) is 156 cm³/mol. The zero-order valence-electron chi connectivity index (χ0n) is 24.1. The number of alkyl halides is 2. The zero-order valence-corrected chi connectivity index (χ0v) is 24.1. The minimum Gasteiger partial charge on any atom is -0.483 e. The second-order valence-electron chi connectivity index (χ2n) is 11.2. The van der Waals surface area contributed by atoms with E-state index in [2.05, 4.69) is 28.6 Å². The van der Waals surface area contributed by atoms with Crippen LogP contribution in [0.4, 0.5) is 13.2 Å². The van der Waals surface area contributed by atoms with Crippen molar-refractivity contribution in [3.8, 4) is 0 Å². The second kappa shape index (κ2) is 16.9. The van der Waals surface area contributed by atoms with Gasteiger partial charge in [0.25, 0.3) is 12.9 Å². The second-order valence-corrected chi connectivity index (χ2v) is 11.2. The lowest BCUT2D eigenvalue weighted by Gasteiger charge is -2.34. The summed E-state index contributed by atoms with van der Waals surface area (Å²) >= 11 is 0. The molecule has 0 amide bonds. The van der Waals surface area contributed by atoms with Gasteiger partial charge in [-0.2, -0.15) is 0 Å². The van der Waals surface area contributed by atoms with Crippen LogP contribution in [-0.4, -0.2) is 70.2 Å². The van der Waals surface area contributed by atoms with Gasteiger partial charge in [-0.1, -0.05) is 62.4 Å². The Morgan fingerprint density at radius 1 is 0.951 bits per heavy atom. The van der Waals surface area contributed by atoms with Gasteiger partial charge in [-0.15, -0.1) is 0 Å². The number of likely N-dealkylation sites (tertiary alicyclic amines) is 2. The van der Waals surface area contributed by atoms with Gasteiger partial charge in [0.1, 0.15) is 5.82 Å². The number of nitrogens with zero attached hydrogens (tertiary/aromatic N) is 4. The summed E-state index contributed by atoms with van der Waals surface area (Å²) in [4.78, 5) is 17.8. The van der Waals surface area contributed by atoms with Crippen LogP contribution in [0.3, 0.4) is 0 Å². The summed E-state index contributed by atoms with van der Waals surface area (Å²) in [6.45, 7) is 11.1. The van der Waals surface area contributed by atoms with Crippen molar-refractivity contribution in [2.75, 3.05) is 39.3 Å². The number of hydrogen-bond acceptors (Lipinski definition) is 4. The molecule has 1 atom stereocenters. The molecule has 0 radical (unpaired) electrons. The van der Waals surface area contributed by atoms with E-state index in [0.29, 0.717) is 6.42 Å². The molecule has 2 aliphatic heterocycles. The number of carboxylic acid groups (broad SMARTS) is 1. The molecule has 6 nitrogen and oxygen atoms in total. The average molecular weight is 573 g/mol. The number of piperidine rings is 1. The lowest BCUT2D eigenvalue weighted by atomic mass is 10.0. The molecule has 2 fully saturated rings. The maximum absolute atomic E-state index is 13.7. The number of hydrogen-bond donors (Lipinski definition) is 1. The summed E-state index contributed by atoms with van der Waals surface area (Å²) in [7, 11) is 0. The smallest absolute Gasteiger partial charge is 0.295 e. The van der Waals surface area contributed by atoms with E-state index in [1.807, 2.05) is 36.5 Å². The van der Waals surface area contributed by atoms with Gasteiger partial charge in [0.2, 0.25) is 0 Å². The third-order valence-electron chi connectivity index (χ3n) is 7.43. The molecule has 1 unspecified atom stereocenters. The SMILES string of the molecule is CC(C)CN1CCC(CN2CCC(n3cc(Cc4ccccc4)nc3C(F)F)CC2)C1.Fc1ccccc1.O=CO. The van der Waals surface area contributed by atoms with Gasteiger partial charge in [0.05, 0.1) is 5.69 Å². The molecule has 3 heterocycles. The first-order valence-corrected chi connectivity index (χ1v) is 14.4. The molecular weight excluding hydrogens is 529 g/mol. The number of rotatable bonds is 8. The molecule has 3 aromatic rings. The molecule has 224 valence electrons. The molecule has 0 bridgehead atoms. The van der Waals surface area contributed by atoms with E-state index in [4.69, 9.17) is 9.90 Å². The van der Waals surface area contributed by atoms with Crippen molar-refractivity contribution in [2.45, 2.75) is 52.0 Å². The number of aromatic nitrogens is 2. The molecule has 1 N–H and O–H groups in total. The third kappa shape index (κ3) is 11.0. The number of carbonyl (C=O) groups is 1. The van der Waals surface area contributed by atoms with E-state index in [1.165, 1.54) is 38.2 Å². The van der Waals surface area contributed by atoms with Crippen molar-refractivity contribution in [2.24, 2.45) is 11.8 Å². The summed E-state index contributed by atoms with van der Waals surface area (Å²) in [5.41, 5.74) is 1.84. The first-order chi connectivity index (χ1) is 19.8. The fourth-order valence-electron chi connectivity index (χ4n) is 5.71. The van der Waals surface area contributed by atoms with Crippen LogP contribution >= 0.6 is 0 Å². The monoisotopic (exact) mass is 572 g/mol. The third-order valence-corrected chi connectivity index (χ3v) is 7.43. The maximum atomic E-state index is 13.7. The molecule has 0 spiro atoms. The molecule has 2 saturated heterocycles. The van der Waals surface area contributed by atoms with Gasteiger partial charge in [-0.25, -0.2) is 18.2 Å². The van der Waals surface area contributed by atoms with Crippen LogP contribution in [0.15, 0.2) is 66.9 Å². The predicted octanol–water partition coefficient (Wildman–Crippen LogP) is 6.55. The lowest BCUT2D eigenvalue weighted by Crippen LogP contribution is -2.38. The van der Waals surface area contributed by atoms with Crippen molar-refractivity contribution in [3.63, 3.8) is 0 Å². The highest BCUT2D eigenvalue weighted by Gasteiger charge is 2.29. The van der Waals surface area contributed by atoms with Crippen molar-refractivity contribution >= 4 is 6.47 Å². The lowest BCUT2D eigenvalue weighted by molar-refractivity contribution is -0.122. The summed E-state index contributed by atoms with van der Waals surface area (Å²) < 4.78 is 41.1. The van der Waals surface area contributed by atoms with E-state index in [9.17, 15) is 13.2 Å². The van der Waals surface area contributed by atoms with Crippen LogP contribution in [0.25, 0.3) is 0 Å². The molecule has 2 aliphatic rings. The van der Waals surface area contributed by atoms with E-state index >= 15 is 0 Å². The van der Waals surface area contributed by atoms with Gasteiger partial charge in [0.15, 0.2) is 5.82 Å². The van der Waals surface area contributed by atoms with Crippen LogP contribution in [0.5, 0.6) is 0 Å². The van der Waals surface area contributed by atoms with E-state index in [1.54, 1.807) is 22.8 Å². The van der Waals surface area contributed by atoms with E-state index in [-0.39, 0.29) is 24.2 Å². The first kappa shape index (κ1) is 32.3. The summed E-state index contributed by atoms with van der Waals surface area (Å²) in [5.74, 6) is 1.23. The van der Waals surface area contributed by atoms with E-state index in [0.717, 1.165) is 55.6 Å². The van der Waals surface area contributed by atoms with Crippen molar-refractivity contribution in [3.05, 3.63) is 89.8 Å². The van der Waals surface area contributed by atoms with Gasteiger partial charge in [-0.3, -0.25) is 4.79 Å². The topological polar surface area (TPSA) is 61.6 Å². The highest BCUT2D eigenvalue weighted by atomic mass is 19.3. The molecule has 0 saturated carbocycles. The minimum atomic E-state index is -2.53. The fraction of sp³-hybridized carbons (Fsp3) is 0.500. The zero-order chi connectivity index (χ0) is 29.6. The van der Waals surface area contributed by atoms with Gasteiger partial charge in [0, 0.05) is 51.4 Å². The van der Waals surface area contributed by atoms with Crippen LogP contribution in [0.2, 0.25) is 0 Å². The van der Waals surface area contributed by atoms with Gasteiger partial charge in [-0.05, 0) is 55.3 Å². The Labute approximate surface area is 241 Å². The molecular formula is C32H43F3N4O2. The van der Waals surface area contributed by atoms with Crippen LogP contribution < -0.4 is 0 Å². The number of imidazole rings is 1. The molecule has 9 heteroatoms. The molecule has 2 aromatic carbocycles. The summed E-state index contributed by atoms with van der Waals surface area (Å²) in [6.07, 6.45) is 3.06. The standard InChI is InChI=1S/C25H36F2N4.C6H5F.CH2O2/c1-19(2)15-30-11-8-21(17-30)16-29-12-9-23(10-13-29)31-18-22(28-25(31)24(26)27)14-20-6-4-3-5-7-20;7-6-4-2-1-3-5-6;2-1-3/h3-7,18-19,21,23-24H,8-17H2,1-2H3;1-5H;1H,(H,2,3). The van der Waals surface area contributed by atoms with Crippen LogP contribution in [0.1, 0.15) is 62.7 Å². The van der Waals surface area contributed by atoms with Crippen LogP contribution in [0, 0.1) is 17.7 Å². The molecule has 5 rings (SSSR count). The first-order valence-electron chi connectivity index (χ1n) is 14.4. The Hall–Kier alpha value is -3.17. The number of benzene rings is 2. The average Bonchev–Trinajstić information content (AvgIpc) is 3.57. The Morgan fingerprint density at radius 3 is 2.07 bits per heavy atom. The highest BCUT2D eigenvalue weighted by Crippen LogP contribution is 2.30. The largest absolute Gasteiger partial charge is 0.483 e. The maximum Gasteiger partial charge on any atom is 0.295 e. The van der Waals surface area contributed by atoms with Gasteiger partial charge >= 0.3 is 0 Å². The van der Waals surface area contributed by atoms with Gasteiger partial charge < -0.3 is 19.5 Å². The molecule has 1 aromatic heterocycles. The Balaban J connectivity index is 0.000000393. The van der Waals surface area contributed by atoms with Crippen molar-refractivity contribution in [1.82, 2.24) is 19.4 Å². The molecule has 0 aliphatic carbocycles. The quantitative estimate of drug-likeness (QED) is 0.310. The Kier molecular flexibility index (Phi) is 13.4. The highest BCUT2D eigenvalue weighted by molar-refractivity contribution is 5.32. The minimum absolute atomic E-state index is 0.0653. The summed E-state index contributed by atoms with van der Waals surface area (Å²) in [5, 5.41) is 6.89. The Bertz CT molecular complexity index is 1140. The van der Waals surface area contributed by atoms with Crippen LogP contribution in [-0.2, 0) is 11.2 Å². The number of halogens is 3.